The summed E-state index contributed by atoms with van der Waals surface area (Å²) >= 11 is 0. The zero-order chi connectivity index (χ0) is 66.6. The Hall–Kier alpha value is -9.92. The fourth-order valence-corrected chi connectivity index (χ4v) is 7.90. The van der Waals surface area contributed by atoms with Crippen molar-refractivity contribution in [2.24, 2.45) is 137 Å². The third kappa shape index (κ3) is 39.6. The van der Waals surface area contributed by atoms with Crippen molar-refractivity contribution in [2.45, 2.75) is 151 Å². The molecular weight excluding hydrogens is 1150 g/mol. The van der Waals surface area contributed by atoms with Crippen LogP contribution in [-0.2, 0) is 38.4 Å². The molecular formula is C48H98N32O8. The number of rotatable bonds is 47. The summed E-state index contributed by atoms with van der Waals surface area (Å²) in [7, 11) is 0. The molecule has 0 saturated carbocycles. The van der Waals surface area contributed by atoms with Crippen LogP contribution < -0.4 is 135 Å². The molecule has 40 nitrogen and oxygen atoms in total. The minimum absolute atomic E-state index is 0.00154. The molecule has 0 aliphatic rings. The third-order valence-electron chi connectivity index (χ3n) is 12.2. The van der Waals surface area contributed by atoms with Crippen molar-refractivity contribution in [3.8, 4) is 0 Å². The van der Waals surface area contributed by atoms with Crippen molar-refractivity contribution in [1.29, 1.82) is 0 Å². The summed E-state index contributed by atoms with van der Waals surface area (Å²) in [5.74, 6) is -7.77. The van der Waals surface area contributed by atoms with E-state index in [4.69, 9.17) is 97.5 Å². The minimum atomic E-state index is -1.49. The van der Waals surface area contributed by atoms with Gasteiger partial charge in [-0.2, -0.15) is 0 Å². The molecule has 0 aliphatic carbocycles. The second-order valence-electron chi connectivity index (χ2n) is 19.8. The largest absolute Gasteiger partial charge is 0.370 e. The lowest BCUT2D eigenvalue weighted by Crippen LogP contribution is -2.60. The monoisotopic (exact) mass is 1250 g/mol. The van der Waals surface area contributed by atoms with Gasteiger partial charge >= 0.3 is 0 Å². The van der Waals surface area contributed by atoms with E-state index < -0.39 is 89.7 Å². The van der Waals surface area contributed by atoms with Crippen LogP contribution >= 0.6 is 0 Å². The molecule has 0 bridgehead atoms. The molecule has 8 atom stereocenters. The average Bonchev–Trinajstić information content (AvgIpc) is 1.99. The van der Waals surface area contributed by atoms with E-state index in [1.165, 1.54) is 0 Å². The number of carbonyl (C=O) groups is 8. The van der Waals surface area contributed by atoms with E-state index in [1.807, 2.05) is 0 Å². The Labute approximate surface area is 510 Å². The molecule has 0 heterocycles. The molecule has 0 aromatic rings. The van der Waals surface area contributed by atoms with Crippen molar-refractivity contribution >= 4 is 95.3 Å². The highest BCUT2D eigenvalue weighted by Gasteiger charge is 2.34. The number of amides is 7. The molecule has 88 heavy (non-hydrogen) atoms. The van der Waals surface area contributed by atoms with E-state index in [1.54, 1.807) is 0 Å². The molecule has 0 spiro atoms. The lowest BCUT2D eigenvalue weighted by atomic mass is 10.0. The molecule has 7 amide bonds. The molecule has 0 fully saturated rings. The smallest absolute Gasteiger partial charge is 0.243 e. The number of hydrogen-bond donors (Lipinski definition) is 24. The Morgan fingerprint density at radius 1 is 0.261 bits per heavy atom. The van der Waals surface area contributed by atoms with Gasteiger partial charge in [-0.3, -0.25) is 73.5 Å². The van der Waals surface area contributed by atoms with Gasteiger partial charge in [0, 0.05) is 52.4 Å². The first-order valence-corrected chi connectivity index (χ1v) is 28.3. The number of nitrogens with zero attached hydrogens (tertiary/aromatic N) is 8. The van der Waals surface area contributed by atoms with E-state index in [2.05, 4.69) is 77.2 Å². The highest BCUT2D eigenvalue weighted by Crippen LogP contribution is 2.11. The van der Waals surface area contributed by atoms with Crippen LogP contribution in [0.2, 0.25) is 0 Å². The van der Waals surface area contributed by atoms with Crippen LogP contribution in [0.1, 0.15) is 103 Å². The Morgan fingerprint density at radius 3 is 0.625 bits per heavy atom. The number of carbonyl (C=O) groups excluding carboxylic acids is 8. The molecule has 0 saturated heterocycles. The number of aldehydes is 1. The normalized spacial score (nSPS) is 13.3. The zero-order valence-electron chi connectivity index (χ0n) is 49.8. The van der Waals surface area contributed by atoms with E-state index in [0.29, 0.717) is 19.1 Å². The second-order valence-corrected chi connectivity index (χ2v) is 19.8. The quantitative estimate of drug-likeness (QED) is 0.0116. The first-order chi connectivity index (χ1) is 41.6. The van der Waals surface area contributed by atoms with Crippen molar-refractivity contribution in [2.75, 3.05) is 52.4 Å². The predicted molar refractivity (Wildman–Crippen MR) is 337 cm³/mol. The molecule has 0 radical (unpaired) electrons. The number of guanidine groups is 8. The van der Waals surface area contributed by atoms with Crippen LogP contribution in [0.15, 0.2) is 39.9 Å². The highest BCUT2D eigenvalue weighted by atomic mass is 16.2. The summed E-state index contributed by atoms with van der Waals surface area (Å²) in [5, 5.41) is 18.5. The lowest BCUT2D eigenvalue weighted by molar-refractivity contribution is -0.136. The van der Waals surface area contributed by atoms with Gasteiger partial charge in [-0.15, -0.1) is 0 Å². The summed E-state index contributed by atoms with van der Waals surface area (Å²) < 4.78 is 0. The molecule has 0 aromatic carbocycles. The van der Waals surface area contributed by atoms with Gasteiger partial charge in [-0.1, -0.05) is 0 Å². The molecule has 498 valence electrons. The summed E-state index contributed by atoms with van der Waals surface area (Å²) in [4.78, 5) is 143. The summed E-state index contributed by atoms with van der Waals surface area (Å²) in [5.41, 5.74) is 94.2. The van der Waals surface area contributed by atoms with Gasteiger partial charge in [0.1, 0.15) is 42.5 Å². The van der Waals surface area contributed by atoms with Crippen LogP contribution in [-0.4, -0.2) is 196 Å². The first kappa shape index (κ1) is 78.1. The minimum Gasteiger partial charge on any atom is -0.370 e. The fraction of sp³-hybridized carbons (Fsp3) is 0.667. The number of nitrogens with one attached hydrogen (secondary N) is 7. The number of nitrogens with two attached hydrogens (primary N) is 17. The van der Waals surface area contributed by atoms with Gasteiger partial charge in [0.2, 0.25) is 41.4 Å². The maximum atomic E-state index is 14.6. The Morgan fingerprint density at radius 2 is 0.432 bits per heavy atom. The average molecular weight is 1250 g/mol. The standard InChI is InChI=1S/C48H98N32O8/c49-27(10-2-18-67-42(52)53)34(82)75-29(12-4-20-69-44(56)57)36(84)77-31(14-6-22-71-46(60)61)38(86)79-33(16-8-24-73-48(64)65)40(88)80-32(15-7-23-72-47(62)63)39(87)78-30(13-5-21-70-45(58)59)37(85)76-28(11-3-19-68-43(54)55)35(83)74-26(25-81)9-1-17-66-41(50)51/h25-33H,1-24,49H2,(H,74,83)(H,75,82)(H,76,85)(H,77,84)(H,78,87)(H,79,86)(H,80,88)(H4,50,51,66)(H4,52,53,67)(H4,54,55,68)(H4,56,57,69)(H4,58,59,70)(H4,60,61,71)(H4,62,63,72)(H4,64,65,73)/t26-,27-,28-,29-,30-,31-,32-,33-/m0/s1. The second kappa shape index (κ2) is 45.4. The first-order valence-electron chi connectivity index (χ1n) is 28.3. The van der Waals surface area contributed by atoms with Gasteiger partial charge in [-0.05, 0) is 103 Å². The van der Waals surface area contributed by atoms with E-state index >= 15 is 0 Å². The zero-order valence-corrected chi connectivity index (χ0v) is 49.8. The van der Waals surface area contributed by atoms with Crippen molar-refractivity contribution < 1.29 is 38.4 Å². The SMILES string of the molecule is NC(N)=NCCC[C@@H](C=O)NC(=O)[C@H](CCCN=C(N)N)NC(=O)[C@H](CCCN=C(N)N)NC(=O)[C@H](CCCN=C(N)N)NC(=O)[C@H](CCCN=C(N)N)NC(=O)[C@H](CCCN=C(N)N)NC(=O)[C@H](CCCN=C(N)N)NC(=O)[C@@H](N)CCCN=C(N)N. The Kier molecular flexibility index (Phi) is 40.3. The third-order valence-corrected chi connectivity index (χ3v) is 12.2. The van der Waals surface area contributed by atoms with Crippen LogP contribution in [0.5, 0.6) is 0 Å². The predicted octanol–water partition coefficient (Wildman–Crippen LogP) is -11.7. The lowest BCUT2D eigenvalue weighted by Gasteiger charge is -2.28. The summed E-state index contributed by atoms with van der Waals surface area (Å²) in [6.07, 6.45) is 1.35. The number of aliphatic imine (C=N–C) groups is 8. The van der Waals surface area contributed by atoms with Gasteiger partial charge in [0.05, 0.1) is 12.1 Å². The molecule has 0 unspecified atom stereocenters. The van der Waals surface area contributed by atoms with Gasteiger partial charge in [0.15, 0.2) is 47.7 Å². The van der Waals surface area contributed by atoms with E-state index in [0.717, 1.165) is 0 Å². The van der Waals surface area contributed by atoms with E-state index in [-0.39, 0.29) is 190 Å². The molecule has 0 aromatic heterocycles. The van der Waals surface area contributed by atoms with Crippen molar-refractivity contribution in [1.82, 2.24) is 37.2 Å². The van der Waals surface area contributed by atoms with Crippen molar-refractivity contribution in [3.63, 3.8) is 0 Å². The van der Waals surface area contributed by atoms with Crippen LogP contribution in [0.4, 0.5) is 0 Å². The fourth-order valence-electron chi connectivity index (χ4n) is 7.90. The van der Waals surface area contributed by atoms with Crippen LogP contribution in [0.25, 0.3) is 0 Å². The molecule has 0 rings (SSSR count). The Balaban J connectivity index is 7.43. The molecule has 41 N–H and O–H groups in total. The molecule has 0 aliphatic heterocycles. The Bertz CT molecular complexity index is 2420. The van der Waals surface area contributed by atoms with Gasteiger partial charge < -0.3 is 139 Å². The van der Waals surface area contributed by atoms with Gasteiger partial charge in [0.25, 0.3) is 0 Å². The van der Waals surface area contributed by atoms with Gasteiger partial charge in [-0.25, -0.2) is 0 Å². The number of hydrogen-bond acceptors (Lipinski definition) is 17. The highest BCUT2D eigenvalue weighted by molar-refractivity contribution is 5.97. The topological polar surface area (TPSA) is 762 Å². The van der Waals surface area contributed by atoms with Crippen molar-refractivity contribution in [3.05, 3.63) is 0 Å². The van der Waals surface area contributed by atoms with Crippen LogP contribution in [0, 0.1) is 0 Å². The summed E-state index contributed by atoms with van der Waals surface area (Å²) in [6, 6.07) is -10.6. The maximum absolute atomic E-state index is 14.6. The molecule has 40 heteroatoms. The van der Waals surface area contributed by atoms with Crippen LogP contribution in [0.3, 0.4) is 0 Å². The maximum Gasteiger partial charge on any atom is 0.243 e. The summed E-state index contributed by atoms with van der Waals surface area (Å²) in [6.45, 7) is 0.378. The van der Waals surface area contributed by atoms with E-state index in [9.17, 15) is 38.4 Å².